The van der Waals surface area contributed by atoms with E-state index in [0.717, 1.165) is 6.42 Å². The summed E-state index contributed by atoms with van der Waals surface area (Å²) in [6, 6.07) is -0.0631. The molecule has 76 valence electrons. The van der Waals surface area contributed by atoms with Crippen molar-refractivity contribution in [3.05, 3.63) is 0 Å². The maximum Gasteiger partial charge on any atom is 0.317 e. The molecule has 1 aliphatic heterocycles. The van der Waals surface area contributed by atoms with Crippen LogP contribution >= 0.6 is 0 Å². The molecular weight excluding hydrogens is 168 g/mol. The zero-order chi connectivity index (χ0) is 9.84. The molecule has 0 spiro atoms. The maximum atomic E-state index is 11.3. The summed E-state index contributed by atoms with van der Waals surface area (Å²) >= 11 is 0. The molecule has 2 atom stereocenters. The van der Waals surface area contributed by atoms with Crippen LogP contribution in [0.4, 0.5) is 4.79 Å². The van der Waals surface area contributed by atoms with Crippen molar-refractivity contribution in [1.82, 2.24) is 10.2 Å². The Morgan fingerprint density at radius 3 is 2.77 bits per heavy atom. The van der Waals surface area contributed by atoms with E-state index in [4.69, 9.17) is 0 Å². The number of rotatable bonds is 4. The van der Waals surface area contributed by atoms with Crippen molar-refractivity contribution in [3.63, 3.8) is 0 Å². The summed E-state index contributed by atoms with van der Waals surface area (Å²) in [4.78, 5) is 13.0. The Kier molecular flexibility index (Phi) is 3.54. The molecule has 1 heterocycles. The molecular formula is C9H18N2O2. The van der Waals surface area contributed by atoms with Crippen molar-refractivity contribution in [1.29, 1.82) is 0 Å². The molecule has 0 saturated carbocycles. The van der Waals surface area contributed by atoms with Crippen LogP contribution in [0.2, 0.25) is 0 Å². The Labute approximate surface area is 78.9 Å². The van der Waals surface area contributed by atoms with Crippen molar-refractivity contribution in [2.45, 2.75) is 26.3 Å². The molecule has 0 aromatic rings. The highest BCUT2D eigenvalue weighted by molar-refractivity contribution is 5.76. The van der Waals surface area contributed by atoms with Gasteiger partial charge in [-0.05, 0) is 5.92 Å². The van der Waals surface area contributed by atoms with Crippen molar-refractivity contribution in [3.8, 4) is 0 Å². The Morgan fingerprint density at radius 1 is 1.69 bits per heavy atom. The van der Waals surface area contributed by atoms with Gasteiger partial charge >= 0.3 is 6.03 Å². The molecule has 0 aliphatic carbocycles. The Bertz CT molecular complexity index is 184. The number of urea groups is 1. The van der Waals surface area contributed by atoms with E-state index in [-0.39, 0.29) is 18.7 Å². The van der Waals surface area contributed by atoms with Gasteiger partial charge in [0.05, 0.1) is 12.6 Å². The van der Waals surface area contributed by atoms with Crippen molar-refractivity contribution in [2.75, 3.05) is 19.7 Å². The number of nitrogens with zero attached hydrogens (tertiary/aromatic N) is 1. The first-order valence-corrected chi connectivity index (χ1v) is 4.86. The molecule has 1 fully saturated rings. The van der Waals surface area contributed by atoms with Gasteiger partial charge in [-0.25, -0.2) is 4.79 Å². The number of aliphatic hydroxyl groups is 1. The maximum absolute atomic E-state index is 11.3. The van der Waals surface area contributed by atoms with Crippen LogP contribution in [0.25, 0.3) is 0 Å². The number of hydrogen-bond acceptors (Lipinski definition) is 2. The molecule has 1 saturated heterocycles. The Hall–Kier alpha value is -0.770. The fourth-order valence-electron chi connectivity index (χ4n) is 1.66. The summed E-state index contributed by atoms with van der Waals surface area (Å²) in [5.74, 6) is 0.355. The zero-order valence-corrected chi connectivity index (χ0v) is 8.29. The summed E-state index contributed by atoms with van der Waals surface area (Å²) in [7, 11) is 0. The largest absolute Gasteiger partial charge is 0.394 e. The minimum Gasteiger partial charge on any atom is -0.394 e. The first kappa shape index (κ1) is 10.3. The van der Waals surface area contributed by atoms with Gasteiger partial charge in [-0.15, -0.1) is 0 Å². The van der Waals surface area contributed by atoms with Crippen LogP contribution in [0, 0.1) is 5.92 Å². The average molecular weight is 186 g/mol. The molecule has 2 N–H and O–H groups in total. The second-order valence-electron chi connectivity index (χ2n) is 3.56. The van der Waals surface area contributed by atoms with Gasteiger partial charge in [-0.2, -0.15) is 0 Å². The predicted octanol–water partition coefficient (Wildman–Crippen LogP) is 0.419. The van der Waals surface area contributed by atoms with Gasteiger partial charge < -0.3 is 15.3 Å². The summed E-state index contributed by atoms with van der Waals surface area (Å²) in [5.41, 5.74) is 0. The summed E-state index contributed by atoms with van der Waals surface area (Å²) in [6.45, 7) is 5.61. The standard InChI is InChI=1S/C9H18N2O2/c1-3-7(2)8(6-12)11-5-4-10-9(11)13/h7-8,12H,3-6H2,1-2H3,(H,10,13)/t7-,8+/m0/s1. The lowest BCUT2D eigenvalue weighted by atomic mass is 9.99. The highest BCUT2D eigenvalue weighted by Gasteiger charge is 2.29. The third-order valence-corrected chi connectivity index (χ3v) is 2.78. The molecule has 1 aliphatic rings. The smallest absolute Gasteiger partial charge is 0.317 e. The molecule has 0 aromatic carbocycles. The molecule has 1 rings (SSSR count). The van der Waals surface area contributed by atoms with Gasteiger partial charge in [-0.3, -0.25) is 0 Å². The second-order valence-corrected chi connectivity index (χ2v) is 3.56. The first-order valence-electron chi connectivity index (χ1n) is 4.86. The lowest BCUT2D eigenvalue weighted by Gasteiger charge is -2.29. The van der Waals surface area contributed by atoms with Gasteiger partial charge in [0.25, 0.3) is 0 Å². The fourth-order valence-corrected chi connectivity index (χ4v) is 1.66. The van der Waals surface area contributed by atoms with E-state index >= 15 is 0 Å². The molecule has 0 bridgehead atoms. The molecule has 13 heavy (non-hydrogen) atoms. The Balaban J connectivity index is 2.59. The highest BCUT2D eigenvalue weighted by atomic mass is 16.3. The first-order chi connectivity index (χ1) is 6.20. The second kappa shape index (κ2) is 4.46. The number of aliphatic hydroxyl groups excluding tert-OH is 1. The quantitative estimate of drug-likeness (QED) is 0.668. The zero-order valence-electron chi connectivity index (χ0n) is 8.29. The number of hydrogen-bond donors (Lipinski definition) is 2. The lowest BCUT2D eigenvalue weighted by molar-refractivity contribution is 0.118. The third kappa shape index (κ3) is 2.12. The van der Waals surface area contributed by atoms with E-state index in [2.05, 4.69) is 19.2 Å². The molecule has 0 aromatic heterocycles. The van der Waals surface area contributed by atoms with E-state index in [1.807, 2.05) is 0 Å². The third-order valence-electron chi connectivity index (χ3n) is 2.78. The monoisotopic (exact) mass is 186 g/mol. The molecule has 4 heteroatoms. The van der Waals surface area contributed by atoms with E-state index in [9.17, 15) is 9.90 Å². The van der Waals surface area contributed by atoms with Gasteiger partial charge in [0, 0.05) is 13.1 Å². The molecule has 0 unspecified atom stereocenters. The number of nitrogens with one attached hydrogen (secondary N) is 1. The topological polar surface area (TPSA) is 52.6 Å². The van der Waals surface area contributed by atoms with Crippen LogP contribution < -0.4 is 5.32 Å². The van der Waals surface area contributed by atoms with Gasteiger partial charge in [0.1, 0.15) is 0 Å². The van der Waals surface area contributed by atoms with E-state index < -0.39 is 0 Å². The number of carbonyl (C=O) groups is 1. The highest BCUT2D eigenvalue weighted by Crippen LogP contribution is 2.15. The van der Waals surface area contributed by atoms with Crippen LogP contribution in [0.1, 0.15) is 20.3 Å². The van der Waals surface area contributed by atoms with E-state index in [1.54, 1.807) is 4.90 Å². The predicted molar refractivity (Wildman–Crippen MR) is 50.4 cm³/mol. The Morgan fingerprint density at radius 2 is 2.38 bits per heavy atom. The SMILES string of the molecule is CC[C@H](C)[C@@H](CO)N1CCNC1=O. The minimum absolute atomic E-state index is 0.0208. The van der Waals surface area contributed by atoms with Crippen LogP contribution in [0.3, 0.4) is 0 Å². The van der Waals surface area contributed by atoms with E-state index in [0.29, 0.717) is 19.0 Å². The van der Waals surface area contributed by atoms with Gasteiger partial charge in [-0.1, -0.05) is 20.3 Å². The number of carbonyl (C=O) groups excluding carboxylic acids is 1. The average Bonchev–Trinajstić information content (AvgIpc) is 2.53. The molecule has 4 nitrogen and oxygen atoms in total. The van der Waals surface area contributed by atoms with Crippen molar-refractivity contribution >= 4 is 6.03 Å². The normalized spacial score (nSPS) is 21.5. The van der Waals surface area contributed by atoms with Crippen molar-refractivity contribution < 1.29 is 9.90 Å². The summed E-state index contributed by atoms with van der Waals surface area (Å²) in [5, 5.41) is 11.9. The van der Waals surface area contributed by atoms with E-state index in [1.165, 1.54) is 0 Å². The van der Waals surface area contributed by atoms with Gasteiger partial charge in [0.2, 0.25) is 0 Å². The van der Waals surface area contributed by atoms with Gasteiger partial charge in [0.15, 0.2) is 0 Å². The fraction of sp³-hybridized carbons (Fsp3) is 0.889. The van der Waals surface area contributed by atoms with Crippen LogP contribution in [-0.2, 0) is 0 Å². The number of amides is 2. The van der Waals surface area contributed by atoms with Crippen LogP contribution in [0.5, 0.6) is 0 Å². The van der Waals surface area contributed by atoms with Crippen LogP contribution in [0.15, 0.2) is 0 Å². The molecule has 2 amide bonds. The summed E-state index contributed by atoms with van der Waals surface area (Å²) < 4.78 is 0. The van der Waals surface area contributed by atoms with Crippen LogP contribution in [-0.4, -0.2) is 41.8 Å². The lowest BCUT2D eigenvalue weighted by Crippen LogP contribution is -2.44. The molecule has 0 radical (unpaired) electrons. The minimum atomic E-state index is -0.0423. The summed E-state index contributed by atoms with van der Waals surface area (Å²) in [6.07, 6.45) is 0.981. The van der Waals surface area contributed by atoms with Crippen molar-refractivity contribution in [2.24, 2.45) is 5.92 Å².